The molecule has 9 heterocycles. The highest BCUT2D eigenvalue weighted by Gasteiger charge is 2.69. The van der Waals surface area contributed by atoms with Crippen molar-refractivity contribution in [2.24, 2.45) is 5.92 Å². The minimum absolute atomic E-state index is 0.0202. The molecule has 1 unspecified atom stereocenters. The van der Waals surface area contributed by atoms with E-state index in [9.17, 15) is 10.2 Å². The maximum atomic E-state index is 13.3. The Bertz CT molecular complexity index is 1670. The van der Waals surface area contributed by atoms with Crippen LogP contribution in [0.4, 0.5) is 0 Å². The van der Waals surface area contributed by atoms with Crippen molar-refractivity contribution in [3.05, 3.63) is 84.2 Å². The molecule has 11 rings (SSSR count). The van der Waals surface area contributed by atoms with Gasteiger partial charge in [-0.15, -0.1) is 0 Å². The Hall–Kier alpha value is -2.98. The van der Waals surface area contributed by atoms with Crippen LogP contribution in [0.25, 0.3) is 21.8 Å². The lowest BCUT2D eigenvalue weighted by Gasteiger charge is -2.66. The zero-order valence-corrected chi connectivity index (χ0v) is 23.6. The quantitative estimate of drug-likeness (QED) is 0.381. The van der Waals surface area contributed by atoms with E-state index in [0.29, 0.717) is 0 Å². The number of nitrogens with zero attached hydrogens (tertiary/aromatic N) is 4. The van der Waals surface area contributed by atoms with Crippen LogP contribution < -0.4 is 0 Å². The normalized spacial score (nSPS) is 40.8. The van der Waals surface area contributed by atoms with Crippen LogP contribution in [0.2, 0.25) is 0 Å². The monoisotopic (exact) mass is 564 g/mol. The average Bonchev–Trinajstić information content (AvgIpc) is 3.03. The van der Waals surface area contributed by atoms with E-state index >= 15 is 0 Å². The molecule has 2 aromatic heterocycles. The van der Waals surface area contributed by atoms with Crippen LogP contribution in [0.1, 0.15) is 42.9 Å². The Balaban J connectivity index is 1.28. The molecule has 0 spiro atoms. The maximum Gasteiger partial charge on any atom is 0.194 e. The molecule has 4 aromatic rings. The van der Waals surface area contributed by atoms with Gasteiger partial charge in [0.2, 0.25) is 0 Å². The second-order valence-corrected chi connectivity index (χ2v) is 13.0. The van der Waals surface area contributed by atoms with Gasteiger partial charge in [0.25, 0.3) is 0 Å². The molecule has 0 aliphatic carbocycles. The average molecular weight is 565 g/mol. The number of para-hydroxylation sites is 2. The lowest BCUT2D eigenvalue weighted by molar-refractivity contribution is -0.405. The summed E-state index contributed by atoms with van der Waals surface area (Å²) in [5.74, 6) is -2.92. The molecule has 0 amide bonds. The van der Waals surface area contributed by atoms with Gasteiger partial charge in [-0.05, 0) is 87.3 Å². The zero-order chi connectivity index (χ0) is 28.1. The second kappa shape index (κ2) is 9.02. The molecule has 216 valence electrons. The number of piperidine rings is 6. The maximum absolute atomic E-state index is 13.3. The third-order valence-electron chi connectivity index (χ3n) is 11.4. The van der Waals surface area contributed by atoms with Gasteiger partial charge in [-0.2, -0.15) is 0 Å². The molecule has 7 fully saturated rings. The summed E-state index contributed by atoms with van der Waals surface area (Å²) in [6, 6.07) is 19.5. The van der Waals surface area contributed by atoms with Crippen LogP contribution in [0.15, 0.2) is 73.1 Å². The van der Waals surface area contributed by atoms with Gasteiger partial charge in [0.15, 0.2) is 11.6 Å². The fourth-order valence-electron chi connectivity index (χ4n) is 9.30. The number of aromatic nitrogens is 2. The van der Waals surface area contributed by atoms with Gasteiger partial charge in [0.05, 0.1) is 35.1 Å². The van der Waals surface area contributed by atoms with Crippen molar-refractivity contribution in [1.82, 2.24) is 19.8 Å². The van der Waals surface area contributed by atoms with E-state index in [2.05, 4.69) is 38.0 Å². The summed E-state index contributed by atoms with van der Waals surface area (Å²) in [6.07, 6.45) is 6.36. The third-order valence-corrected chi connectivity index (χ3v) is 11.4. The fourth-order valence-corrected chi connectivity index (χ4v) is 9.30. The van der Waals surface area contributed by atoms with Gasteiger partial charge in [0.1, 0.15) is 6.10 Å². The fraction of sp³-hybridized carbons (Fsp3) is 0.471. The lowest BCUT2D eigenvalue weighted by Crippen LogP contribution is -2.79. The van der Waals surface area contributed by atoms with E-state index in [1.165, 1.54) is 0 Å². The van der Waals surface area contributed by atoms with Gasteiger partial charge in [-0.25, -0.2) is 0 Å². The summed E-state index contributed by atoms with van der Waals surface area (Å²) in [5, 5.41) is 27.8. The zero-order valence-electron chi connectivity index (χ0n) is 23.6. The standard InChI is InChI=1S/C34H36N4O4/c39-33-22-11-17-38(18-12-22)31(33)30(24-9-15-35-27-7-3-1-5-23(24)27)42-34(40)29(21-41-33)37-19-13-32(34,14-20-37)26-10-16-36-28-8-4-2-6-25(26)28/h1-10,15-16,22,29-31,39-40H,11-14,17-21H2/t29-,30?,31-,33-,34+/m0/s1. The number of aliphatic hydroxyl groups is 2. The predicted octanol–water partition coefficient (Wildman–Crippen LogP) is 3.76. The highest BCUT2D eigenvalue weighted by atomic mass is 16.7. The summed E-state index contributed by atoms with van der Waals surface area (Å²) >= 11 is 0. The summed E-state index contributed by atoms with van der Waals surface area (Å²) in [7, 11) is 0. The van der Waals surface area contributed by atoms with Crippen molar-refractivity contribution in [3.8, 4) is 0 Å². The molecule has 7 aliphatic heterocycles. The number of ether oxygens (including phenoxy) is 2. The largest absolute Gasteiger partial charge is 0.364 e. The smallest absolute Gasteiger partial charge is 0.194 e. The van der Waals surface area contributed by atoms with E-state index < -0.39 is 35.2 Å². The van der Waals surface area contributed by atoms with Gasteiger partial charge < -0.3 is 19.7 Å². The first kappa shape index (κ1) is 25.5. The number of pyridine rings is 2. The minimum atomic E-state index is -1.57. The molecular weight excluding hydrogens is 528 g/mol. The topological polar surface area (TPSA) is 91.2 Å². The van der Waals surface area contributed by atoms with Gasteiger partial charge in [0, 0.05) is 29.1 Å². The summed E-state index contributed by atoms with van der Waals surface area (Å²) < 4.78 is 14.1. The van der Waals surface area contributed by atoms with Gasteiger partial charge >= 0.3 is 0 Å². The van der Waals surface area contributed by atoms with Crippen molar-refractivity contribution < 1.29 is 19.7 Å². The van der Waals surface area contributed by atoms with E-state index in [-0.39, 0.29) is 12.5 Å². The van der Waals surface area contributed by atoms with Crippen molar-refractivity contribution in [1.29, 1.82) is 0 Å². The first-order chi connectivity index (χ1) is 20.5. The number of benzene rings is 2. The highest BCUT2D eigenvalue weighted by molar-refractivity contribution is 5.84. The molecular formula is C34H36N4O4. The summed E-state index contributed by atoms with van der Waals surface area (Å²) in [6.45, 7) is 3.62. The Morgan fingerprint density at radius 1 is 0.762 bits per heavy atom. The molecule has 8 heteroatoms. The van der Waals surface area contributed by atoms with Gasteiger partial charge in [-0.1, -0.05) is 36.4 Å². The van der Waals surface area contributed by atoms with Crippen molar-refractivity contribution in [2.45, 2.75) is 60.9 Å². The Labute approximate surface area is 244 Å². The summed E-state index contributed by atoms with van der Waals surface area (Å²) in [5.41, 5.74) is 3.13. The van der Waals surface area contributed by atoms with Crippen LogP contribution in [0.3, 0.4) is 0 Å². The lowest BCUT2D eigenvalue weighted by atomic mass is 9.59. The van der Waals surface area contributed by atoms with Crippen LogP contribution in [0, 0.1) is 5.92 Å². The highest BCUT2D eigenvalue weighted by Crippen LogP contribution is 2.58. The third kappa shape index (κ3) is 3.28. The summed E-state index contributed by atoms with van der Waals surface area (Å²) in [4.78, 5) is 13.9. The SMILES string of the molecule is O[C@@]12OC[C@@H]3N4CCC(c5ccnc6ccccc56)(CC4)[C@]3(O)OC(c3ccnc4ccccc34)[C@@H]1N1CCC2CC1. The molecule has 0 radical (unpaired) electrons. The molecule has 2 aromatic carbocycles. The molecule has 7 aliphatic rings. The molecule has 5 atom stereocenters. The molecule has 8 nitrogen and oxygen atoms in total. The van der Waals surface area contributed by atoms with E-state index in [0.717, 1.165) is 84.8 Å². The van der Waals surface area contributed by atoms with Crippen LogP contribution in [-0.2, 0) is 14.9 Å². The molecule has 2 N–H and O–H groups in total. The van der Waals surface area contributed by atoms with Crippen molar-refractivity contribution in [3.63, 3.8) is 0 Å². The second-order valence-electron chi connectivity index (χ2n) is 13.0. The molecule has 7 saturated heterocycles. The number of hydrogen-bond donors (Lipinski definition) is 2. The van der Waals surface area contributed by atoms with Gasteiger partial charge in [-0.3, -0.25) is 19.8 Å². The van der Waals surface area contributed by atoms with Crippen molar-refractivity contribution in [2.75, 3.05) is 32.8 Å². The van der Waals surface area contributed by atoms with E-state index in [1.807, 2.05) is 54.9 Å². The van der Waals surface area contributed by atoms with Crippen LogP contribution >= 0.6 is 0 Å². The van der Waals surface area contributed by atoms with Crippen LogP contribution in [-0.4, -0.2) is 86.4 Å². The Morgan fingerprint density at radius 3 is 2.19 bits per heavy atom. The Kier molecular flexibility index (Phi) is 5.48. The first-order valence-electron chi connectivity index (χ1n) is 15.4. The van der Waals surface area contributed by atoms with Crippen molar-refractivity contribution >= 4 is 21.8 Å². The Morgan fingerprint density at radius 2 is 1.43 bits per heavy atom. The predicted molar refractivity (Wildman–Crippen MR) is 158 cm³/mol. The molecule has 4 bridgehead atoms. The minimum Gasteiger partial charge on any atom is -0.364 e. The molecule has 0 saturated carbocycles. The van der Waals surface area contributed by atoms with Crippen LogP contribution in [0.5, 0.6) is 0 Å². The van der Waals surface area contributed by atoms with E-state index in [1.54, 1.807) is 0 Å². The molecule has 42 heavy (non-hydrogen) atoms. The first-order valence-corrected chi connectivity index (χ1v) is 15.4. The van der Waals surface area contributed by atoms with E-state index in [4.69, 9.17) is 9.47 Å². The number of fused-ring (bicyclic) bond motifs is 6. The number of rotatable bonds is 2. The number of hydrogen-bond acceptors (Lipinski definition) is 8.